The molecule has 0 radical (unpaired) electrons. The Morgan fingerprint density at radius 3 is 2.46 bits per heavy atom. The fraction of sp³-hybridized carbons (Fsp3) is 0.588. The third-order valence-electron chi connectivity index (χ3n) is 3.21. The number of aliphatic hydroxyl groups excluding tert-OH is 1. The Morgan fingerprint density at radius 2 is 1.83 bits per heavy atom. The maximum atomic E-state index is 9.73. The molecule has 1 unspecified atom stereocenters. The van der Waals surface area contributed by atoms with Gasteiger partial charge >= 0.3 is 0 Å². The lowest BCUT2D eigenvalue weighted by molar-refractivity contribution is -0.128. The number of hydrogen-bond donors (Lipinski definition) is 1. The van der Waals surface area contributed by atoms with E-state index in [4.69, 9.17) is 23.8 Å². The smallest absolute Gasteiger partial charge is 0.271 e. The van der Waals surface area contributed by atoms with Crippen molar-refractivity contribution in [1.29, 1.82) is 0 Å². The molecule has 0 saturated heterocycles. The van der Waals surface area contributed by atoms with Crippen molar-refractivity contribution in [2.45, 2.75) is 32.3 Å². The Balaban J connectivity index is 1.69. The van der Waals surface area contributed by atoms with Gasteiger partial charge in [0.2, 0.25) is 0 Å². The van der Waals surface area contributed by atoms with Crippen LogP contribution >= 0.6 is 0 Å². The summed E-state index contributed by atoms with van der Waals surface area (Å²) in [5, 5.41) is 13.6. The fourth-order valence-corrected chi connectivity index (χ4v) is 2.00. The summed E-state index contributed by atoms with van der Waals surface area (Å²) in [6, 6.07) is 7.64. The summed E-state index contributed by atoms with van der Waals surface area (Å²) >= 11 is 0. The first-order chi connectivity index (χ1) is 11.5. The van der Waals surface area contributed by atoms with Crippen LogP contribution in [0.5, 0.6) is 0 Å². The maximum absolute atomic E-state index is 9.73. The molecule has 7 heteroatoms. The molecule has 0 aromatic heterocycles. The third-order valence-corrected chi connectivity index (χ3v) is 3.21. The number of aliphatic hydroxyl groups is 1. The standard InChI is InChI=1S/C17H25NO6/c1-17(2)23-16(18-24-17)14-6-4-13(5-7-14)10-22-12-15(19)11-21-9-8-20-3/h4-7,15,19H,8-12H2,1-3H3. The molecule has 1 aromatic rings. The average Bonchev–Trinajstić information content (AvgIpc) is 2.92. The lowest BCUT2D eigenvalue weighted by Gasteiger charge is -2.14. The number of oxime groups is 1. The van der Waals surface area contributed by atoms with Crippen molar-refractivity contribution in [1.82, 2.24) is 0 Å². The van der Waals surface area contributed by atoms with Crippen LogP contribution in [0.4, 0.5) is 0 Å². The molecule has 1 aliphatic rings. The summed E-state index contributed by atoms with van der Waals surface area (Å²) in [4.78, 5) is 5.17. The SMILES string of the molecule is COCCOCC(O)COCc1ccc(C2=NOC(C)(C)O2)cc1. The van der Waals surface area contributed by atoms with Crippen molar-refractivity contribution in [3.63, 3.8) is 0 Å². The molecule has 2 rings (SSSR count). The summed E-state index contributed by atoms with van der Waals surface area (Å²) in [5.74, 6) is -0.255. The molecule has 7 nitrogen and oxygen atoms in total. The summed E-state index contributed by atoms with van der Waals surface area (Å²) in [6.07, 6.45) is -0.651. The van der Waals surface area contributed by atoms with Crippen molar-refractivity contribution in [3.05, 3.63) is 35.4 Å². The van der Waals surface area contributed by atoms with Crippen LogP contribution < -0.4 is 0 Å². The van der Waals surface area contributed by atoms with Crippen LogP contribution in [-0.4, -0.2) is 56.4 Å². The van der Waals surface area contributed by atoms with Crippen LogP contribution in [0.15, 0.2) is 29.4 Å². The molecule has 1 atom stereocenters. The first kappa shape index (κ1) is 18.7. The first-order valence-corrected chi connectivity index (χ1v) is 7.87. The minimum absolute atomic E-state index is 0.215. The summed E-state index contributed by atoms with van der Waals surface area (Å²) in [6.45, 7) is 5.43. The van der Waals surface area contributed by atoms with E-state index in [0.717, 1.165) is 11.1 Å². The molecule has 1 aliphatic heterocycles. The topological polar surface area (TPSA) is 78.7 Å². The molecule has 0 amide bonds. The van der Waals surface area contributed by atoms with Crippen LogP contribution in [0.2, 0.25) is 0 Å². The van der Waals surface area contributed by atoms with E-state index in [9.17, 15) is 5.11 Å². The largest absolute Gasteiger partial charge is 0.431 e. The Bertz CT molecular complexity index is 528. The van der Waals surface area contributed by atoms with Gasteiger partial charge in [0, 0.05) is 26.5 Å². The maximum Gasteiger partial charge on any atom is 0.271 e. The zero-order valence-electron chi connectivity index (χ0n) is 14.4. The fourth-order valence-electron chi connectivity index (χ4n) is 2.00. The Morgan fingerprint density at radius 1 is 1.12 bits per heavy atom. The highest BCUT2D eigenvalue weighted by molar-refractivity contribution is 5.94. The van der Waals surface area contributed by atoms with Crippen molar-refractivity contribution in [3.8, 4) is 0 Å². The van der Waals surface area contributed by atoms with Crippen LogP contribution in [0.3, 0.4) is 0 Å². The monoisotopic (exact) mass is 339 g/mol. The van der Waals surface area contributed by atoms with Gasteiger partial charge in [-0.2, -0.15) is 0 Å². The van der Waals surface area contributed by atoms with Gasteiger partial charge in [0.05, 0.1) is 33.0 Å². The Kier molecular flexibility index (Phi) is 6.99. The second-order valence-corrected chi connectivity index (χ2v) is 5.92. The van der Waals surface area contributed by atoms with Crippen LogP contribution in [0.1, 0.15) is 25.0 Å². The molecular weight excluding hydrogens is 314 g/mol. The number of nitrogens with zero attached hydrogens (tertiary/aromatic N) is 1. The van der Waals surface area contributed by atoms with E-state index in [1.54, 1.807) is 21.0 Å². The highest BCUT2D eigenvalue weighted by Crippen LogP contribution is 2.22. The molecule has 1 aromatic carbocycles. The molecule has 1 heterocycles. The van der Waals surface area contributed by atoms with Crippen molar-refractivity contribution < 1.29 is 28.9 Å². The van der Waals surface area contributed by atoms with E-state index >= 15 is 0 Å². The summed E-state index contributed by atoms with van der Waals surface area (Å²) < 4.78 is 21.2. The molecule has 0 bridgehead atoms. The summed E-state index contributed by atoms with van der Waals surface area (Å²) in [5.41, 5.74) is 1.83. The van der Waals surface area contributed by atoms with Crippen molar-refractivity contribution in [2.24, 2.45) is 5.16 Å². The first-order valence-electron chi connectivity index (χ1n) is 7.87. The van der Waals surface area contributed by atoms with Gasteiger partial charge in [-0.25, -0.2) is 0 Å². The predicted octanol–water partition coefficient (Wildman–Crippen LogP) is 1.67. The molecule has 0 aliphatic carbocycles. The molecular formula is C17H25NO6. The van der Waals surface area contributed by atoms with Crippen LogP contribution in [-0.2, 0) is 30.4 Å². The summed E-state index contributed by atoms with van der Waals surface area (Å²) in [7, 11) is 1.60. The highest BCUT2D eigenvalue weighted by Gasteiger charge is 2.30. The molecule has 1 N–H and O–H groups in total. The van der Waals surface area contributed by atoms with Gasteiger partial charge in [0.1, 0.15) is 6.10 Å². The average molecular weight is 339 g/mol. The molecule has 134 valence electrons. The lowest BCUT2D eigenvalue weighted by atomic mass is 10.1. The third kappa shape index (κ3) is 6.09. The van der Waals surface area contributed by atoms with Gasteiger partial charge in [-0.05, 0) is 22.9 Å². The second-order valence-electron chi connectivity index (χ2n) is 5.92. The Labute approximate surface area is 142 Å². The lowest BCUT2D eigenvalue weighted by Crippen LogP contribution is -2.23. The van der Waals surface area contributed by atoms with Crippen LogP contribution in [0.25, 0.3) is 0 Å². The molecule has 0 fully saturated rings. The quantitative estimate of drug-likeness (QED) is 0.653. The van der Waals surface area contributed by atoms with Crippen molar-refractivity contribution >= 4 is 5.90 Å². The second kappa shape index (κ2) is 8.98. The van der Waals surface area contributed by atoms with Gasteiger partial charge in [-0.1, -0.05) is 12.1 Å². The minimum Gasteiger partial charge on any atom is -0.431 e. The van der Waals surface area contributed by atoms with Gasteiger partial charge in [0.15, 0.2) is 0 Å². The number of methoxy groups -OCH3 is 1. The number of ether oxygens (including phenoxy) is 4. The Hall–Kier alpha value is -1.67. The van der Waals surface area contributed by atoms with E-state index < -0.39 is 11.9 Å². The van der Waals surface area contributed by atoms with E-state index in [-0.39, 0.29) is 13.2 Å². The zero-order valence-corrected chi connectivity index (χ0v) is 14.4. The van der Waals surface area contributed by atoms with Gasteiger partial charge < -0.3 is 28.9 Å². The normalized spacial score (nSPS) is 17.1. The van der Waals surface area contributed by atoms with Gasteiger partial charge in [-0.15, -0.1) is 0 Å². The highest BCUT2D eigenvalue weighted by atomic mass is 16.8. The zero-order chi connectivity index (χ0) is 17.4. The number of benzene rings is 1. The molecule has 24 heavy (non-hydrogen) atoms. The minimum atomic E-state index is -0.724. The van der Waals surface area contributed by atoms with Gasteiger partial charge in [-0.3, -0.25) is 0 Å². The van der Waals surface area contributed by atoms with Crippen LogP contribution in [0, 0.1) is 0 Å². The van der Waals surface area contributed by atoms with E-state index in [1.165, 1.54) is 0 Å². The number of rotatable bonds is 10. The van der Waals surface area contributed by atoms with Gasteiger partial charge in [0.25, 0.3) is 11.7 Å². The van der Waals surface area contributed by atoms with E-state index in [1.807, 2.05) is 24.3 Å². The molecule has 0 saturated carbocycles. The van der Waals surface area contributed by atoms with E-state index in [2.05, 4.69) is 5.16 Å². The number of hydrogen-bond acceptors (Lipinski definition) is 7. The molecule has 0 spiro atoms. The van der Waals surface area contributed by atoms with E-state index in [0.29, 0.717) is 25.7 Å². The predicted molar refractivity (Wildman–Crippen MR) is 87.6 cm³/mol. The van der Waals surface area contributed by atoms with Crippen molar-refractivity contribution in [2.75, 3.05) is 33.5 Å².